The summed E-state index contributed by atoms with van der Waals surface area (Å²) in [7, 11) is 0. The molecule has 1 unspecified atom stereocenters. The maximum atomic E-state index is 13.1. The summed E-state index contributed by atoms with van der Waals surface area (Å²) in [6.45, 7) is 2.00. The SMILES string of the molecule is Cc1cc(OCC(F)(F)F)cc(C)c1C1C(=O)NC2(CCCCC2)C1=O. The predicted octanol–water partition coefficient (Wildman–Crippen LogP) is 3.73. The quantitative estimate of drug-likeness (QED) is 0.826. The van der Waals surface area contributed by atoms with E-state index >= 15 is 0 Å². The van der Waals surface area contributed by atoms with Gasteiger partial charge in [0.05, 0.1) is 5.54 Å². The first kappa shape index (κ1) is 18.7. The van der Waals surface area contributed by atoms with E-state index in [2.05, 4.69) is 5.32 Å². The number of ether oxygens (including phenoxy) is 1. The highest BCUT2D eigenvalue weighted by Gasteiger charge is 2.53. The van der Waals surface area contributed by atoms with Gasteiger partial charge in [0, 0.05) is 0 Å². The van der Waals surface area contributed by atoms with Gasteiger partial charge in [-0.2, -0.15) is 13.2 Å². The molecule has 1 heterocycles. The molecule has 1 aromatic carbocycles. The average Bonchev–Trinajstić information content (AvgIpc) is 2.77. The third kappa shape index (κ3) is 3.44. The van der Waals surface area contributed by atoms with Gasteiger partial charge in [0.25, 0.3) is 0 Å². The van der Waals surface area contributed by atoms with E-state index in [1.54, 1.807) is 13.8 Å². The van der Waals surface area contributed by atoms with Gasteiger partial charge < -0.3 is 10.1 Å². The number of aryl methyl sites for hydroxylation is 2. The summed E-state index contributed by atoms with van der Waals surface area (Å²) in [5, 5.41) is 2.91. The zero-order valence-electron chi connectivity index (χ0n) is 14.8. The van der Waals surface area contributed by atoms with Crippen molar-refractivity contribution in [2.75, 3.05) is 6.61 Å². The maximum absolute atomic E-state index is 13.1. The van der Waals surface area contributed by atoms with Crippen LogP contribution in [0.15, 0.2) is 12.1 Å². The first-order chi connectivity index (χ1) is 12.1. The highest BCUT2D eigenvalue weighted by Crippen LogP contribution is 2.41. The normalized spacial score (nSPS) is 22.6. The lowest BCUT2D eigenvalue weighted by Gasteiger charge is -2.31. The maximum Gasteiger partial charge on any atom is 0.422 e. The van der Waals surface area contributed by atoms with Crippen molar-refractivity contribution in [3.8, 4) is 5.75 Å². The second-order valence-corrected chi connectivity index (χ2v) is 7.30. The fraction of sp³-hybridized carbons (Fsp3) is 0.579. The second kappa shape index (κ2) is 6.59. The molecule has 3 rings (SSSR count). The minimum absolute atomic E-state index is 0.0827. The van der Waals surface area contributed by atoms with E-state index in [0.29, 0.717) is 29.5 Å². The fourth-order valence-electron chi connectivity index (χ4n) is 4.19. The Morgan fingerprint density at radius 1 is 1.12 bits per heavy atom. The van der Waals surface area contributed by atoms with Crippen molar-refractivity contribution in [2.24, 2.45) is 0 Å². The van der Waals surface area contributed by atoms with Gasteiger partial charge in [-0.3, -0.25) is 9.59 Å². The van der Waals surface area contributed by atoms with E-state index in [9.17, 15) is 22.8 Å². The van der Waals surface area contributed by atoms with Crippen LogP contribution in [0.4, 0.5) is 13.2 Å². The van der Waals surface area contributed by atoms with E-state index in [1.807, 2.05) is 0 Å². The number of Topliss-reactive ketones (excluding diaryl/α,β-unsaturated/α-hetero) is 1. The molecule has 7 heteroatoms. The molecule has 0 radical (unpaired) electrons. The van der Waals surface area contributed by atoms with Crippen molar-refractivity contribution in [1.82, 2.24) is 5.32 Å². The number of rotatable bonds is 3. The Kier molecular flexibility index (Phi) is 4.75. The van der Waals surface area contributed by atoms with Gasteiger partial charge in [-0.05, 0) is 55.5 Å². The molecular weight excluding hydrogens is 347 g/mol. The molecule has 1 aromatic rings. The zero-order chi connectivity index (χ0) is 19.1. The van der Waals surface area contributed by atoms with Gasteiger partial charge in [-0.15, -0.1) is 0 Å². The third-order valence-electron chi connectivity index (χ3n) is 5.32. The van der Waals surface area contributed by atoms with Crippen LogP contribution in [0.5, 0.6) is 5.75 Å². The molecule has 1 saturated heterocycles. The highest BCUT2D eigenvalue weighted by molar-refractivity contribution is 6.17. The van der Waals surface area contributed by atoms with Crippen LogP contribution < -0.4 is 10.1 Å². The minimum atomic E-state index is -4.42. The number of nitrogens with one attached hydrogen (secondary N) is 1. The van der Waals surface area contributed by atoms with Crippen LogP contribution in [-0.4, -0.2) is 30.0 Å². The van der Waals surface area contributed by atoms with Crippen LogP contribution in [0.1, 0.15) is 54.7 Å². The Labute approximate surface area is 150 Å². The number of carbonyl (C=O) groups is 2. The Balaban J connectivity index is 1.89. The standard InChI is InChI=1S/C19H22F3NO3/c1-11-8-13(26-10-19(20,21)22)9-12(2)14(11)15-16(24)18(23-17(15)25)6-4-3-5-7-18/h8-9,15H,3-7,10H2,1-2H3,(H,23,25). The van der Waals surface area contributed by atoms with Crippen molar-refractivity contribution < 1.29 is 27.5 Å². The van der Waals surface area contributed by atoms with Crippen LogP contribution in [0.2, 0.25) is 0 Å². The summed E-state index contributed by atoms with van der Waals surface area (Å²) < 4.78 is 41.9. The smallest absolute Gasteiger partial charge is 0.422 e. The number of halogens is 3. The lowest BCUT2D eigenvalue weighted by molar-refractivity contribution is -0.153. The van der Waals surface area contributed by atoms with Crippen molar-refractivity contribution in [3.63, 3.8) is 0 Å². The van der Waals surface area contributed by atoms with Gasteiger partial charge in [0.15, 0.2) is 12.4 Å². The summed E-state index contributed by atoms with van der Waals surface area (Å²) in [6.07, 6.45) is -0.256. The van der Waals surface area contributed by atoms with E-state index in [1.165, 1.54) is 12.1 Å². The van der Waals surface area contributed by atoms with Crippen molar-refractivity contribution >= 4 is 11.7 Å². The molecule has 26 heavy (non-hydrogen) atoms. The molecule has 1 atom stereocenters. The zero-order valence-corrected chi connectivity index (χ0v) is 14.8. The Morgan fingerprint density at radius 2 is 1.69 bits per heavy atom. The molecule has 0 bridgehead atoms. The molecule has 0 aromatic heterocycles. The summed E-state index contributed by atoms with van der Waals surface area (Å²) in [5.41, 5.74) is 0.978. The molecule has 2 aliphatic rings. The molecule has 2 fully saturated rings. The van der Waals surface area contributed by atoms with Gasteiger partial charge in [-0.25, -0.2) is 0 Å². The molecule has 1 spiro atoms. The number of hydrogen-bond acceptors (Lipinski definition) is 3. The van der Waals surface area contributed by atoms with Crippen LogP contribution in [0, 0.1) is 13.8 Å². The summed E-state index contributed by atoms with van der Waals surface area (Å²) in [4.78, 5) is 25.7. The molecule has 1 saturated carbocycles. The van der Waals surface area contributed by atoms with Crippen molar-refractivity contribution in [1.29, 1.82) is 0 Å². The van der Waals surface area contributed by atoms with E-state index < -0.39 is 24.2 Å². The fourth-order valence-corrected chi connectivity index (χ4v) is 4.19. The molecule has 142 valence electrons. The summed E-state index contributed by atoms with van der Waals surface area (Å²) >= 11 is 0. The highest BCUT2D eigenvalue weighted by atomic mass is 19.4. The summed E-state index contributed by atoms with van der Waals surface area (Å²) in [6, 6.07) is 2.92. The molecule has 1 aliphatic carbocycles. The largest absolute Gasteiger partial charge is 0.484 e. The van der Waals surface area contributed by atoms with E-state index in [0.717, 1.165) is 19.3 Å². The molecule has 1 amide bonds. The van der Waals surface area contributed by atoms with E-state index in [4.69, 9.17) is 4.74 Å². The van der Waals surface area contributed by atoms with Crippen LogP contribution in [-0.2, 0) is 9.59 Å². The van der Waals surface area contributed by atoms with Crippen LogP contribution in [0.25, 0.3) is 0 Å². The van der Waals surface area contributed by atoms with Gasteiger partial charge >= 0.3 is 6.18 Å². The number of hydrogen-bond donors (Lipinski definition) is 1. The van der Waals surface area contributed by atoms with Crippen molar-refractivity contribution in [3.05, 3.63) is 28.8 Å². The Morgan fingerprint density at radius 3 is 2.23 bits per heavy atom. The Bertz CT molecular complexity index is 713. The molecule has 4 nitrogen and oxygen atoms in total. The number of alkyl halides is 3. The first-order valence-electron chi connectivity index (χ1n) is 8.80. The lowest BCUT2D eigenvalue weighted by Crippen LogP contribution is -2.47. The third-order valence-corrected chi connectivity index (χ3v) is 5.32. The molecule has 1 N–H and O–H groups in total. The lowest BCUT2D eigenvalue weighted by atomic mass is 9.76. The Hall–Kier alpha value is -2.05. The first-order valence-corrected chi connectivity index (χ1v) is 8.80. The minimum Gasteiger partial charge on any atom is -0.484 e. The monoisotopic (exact) mass is 369 g/mol. The summed E-state index contributed by atoms with van der Waals surface area (Å²) in [5.74, 6) is -1.24. The van der Waals surface area contributed by atoms with Crippen molar-refractivity contribution in [2.45, 2.75) is 63.6 Å². The molecule has 1 aliphatic heterocycles. The topological polar surface area (TPSA) is 55.4 Å². The van der Waals surface area contributed by atoms with Gasteiger partial charge in [0.2, 0.25) is 5.91 Å². The number of amides is 1. The number of ketones is 1. The second-order valence-electron chi connectivity index (χ2n) is 7.30. The van der Waals surface area contributed by atoms with E-state index in [-0.39, 0.29) is 17.4 Å². The van der Waals surface area contributed by atoms with Crippen LogP contribution >= 0.6 is 0 Å². The van der Waals surface area contributed by atoms with Crippen LogP contribution in [0.3, 0.4) is 0 Å². The van der Waals surface area contributed by atoms with Gasteiger partial charge in [-0.1, -0.05) is 19.3 Å². The van der Waals surface area contributed by atoms with Gasteiger partial charge in [0.1, 0.15) is 11.7 Å². The number of carbonyl (C=O) groups excluding carboxylic acids is 2. The predicted molar refractivity (Wildman–Crippen MR) is 89.2 cm³/mol. The number of benzene rings is 1. The molecular formula is C19H22F3NO3. The average molecular weight is 369 g/mol.